The molecule has 6 heteroatoms. The van der Waals surface area contributed by atoms with Crippen LogP contribution in [0.1, 0.15) is 12.5 Å². The molecule has 132 valence electrons. The summed E-state index contributed by atoms with van der Waals surface area (Å²) in [5.74, 6) is 0.0324. The number of carbonyl (C=O) groups excluding carboxylic acids is 1. The van der Waals surface area contributed by atoms with Crippen LogP contribution < -0.4 is 5.32 Å². The fourth-order valence-corrected chi connectivity index (χ4v) is 3.15. The second-order valence-corrected chi connectivity index (χ2v) is 6.55. The third-order valence-electron chi connectivity index (χ3n) is 4.44. The molecular weight excluding hydrogens is 306 g/mol. The van der Waals surface area contributed by atoms with Gasteiger partial charge in [-0.2, -0.15) is 0 Å². The zero-order valence-corrected chi connectivity index (χ0v) is 14.4. The molecule has 0 unspecified atom stereocenters. The van der Waals surface area contributed by atoms with Crippen molar-refractivity contribution in [2.75, 3.05) is 57.9 Å². The van der Waals surface area contributed by atoms with E-state index in [1.165, 1.54) is 5.56 Å². The molecule has 24 heavy (non-hydrogen) atoms. The maximum atomic E-state index is 12.2. The van der Waals surface area contributed by atoms with Crippen molar-refractivity contribution in [2.24, 2.45) is 0 Å². The van der Waals surface area contributed by atoms with Crippen molar-refractivity contribution in [3.63, 3.8) is 0 Å². The highest BCUT2D eigenvalue weighted by atomic mass is 16.5. The maximum Gasteiger partial charge on any atom is 0.238 e. The van der Waals surface area contributed by atoms with E-state index >= 15 is 0 Å². The van der Waals surface area contributed by atoms with Gasteiger partial charge in [0.05, 0.1) is 32.5 Å². The van der Waals surface area contributed by atoms with Crippen molar-refractivity contribution in [3.8, 4) is 0 Å². The minimum Gasteiger partial charge on any atom is -0.379 e. The topological polar surface area (TPSA) is 54.0 Å². The van der Waals surface area contributed by atoms with Crippen molar-refractivity contribution in [1.82, 2.24) is 9.80 Å². The first-order valence-corrected chi connectivity index (χ1v) is 8.72. The van der Waals surface area contributed by atoms with Crippen LogP contribution in [0.3, 0.4) is 0 Å². The molecule has 1 amide bonds. The molecule has 2 aliphatic heterocycles. The van der Waals surface area contributed by atoms with Gasteiger partial charge in [0.1, 0.15) is 0 Å². The lowest BCUT2D eigenvalue weighted by Gasteiger charge is -2.30. The first-order chi connectivity index (χ1) is 11.7. The number of nitrogens with zero attached hydrogens (tertiary/aromatic N) is 2. The Morgan fingerprint density at radius 1 is 1.12 bits per heavy atom. The summed E-state index contributed by atoms with van der Waals surface area (Å²) < 4.78 is 10.9. The Morgan fingerprint density at radius 3 is 2.54 bits per heavy atom. The highest BCUT2D eigenvalue weighted by molar-refractivity contribution is 5.92. The van der Waals surface area contributed by atoms with Crippen LogP contribution in [0.5, 0.6) is 0 Å². The number of nitrogens with one attached hydrogen (secondary N) is 1. The van der Waals surface area contributed by atoms with Gasteiger partial charge in [0, 0.05) is 38.4 Å². The van der Waals surface area contributed by atoms with Crippen LogP contribution in [0, 0.1) is 0 Å². The molecule has 1 N–H and O–H groups in total. The summed E-state index contributed by atoms with van der Waals surface area (Å²) in [6.45, 7) is 9.31. The summed E-state index contributed by atoms with van der Waals surface area (Å²) in [5.41, 5.74) is 2.11. The van der Waals surface area contributed by atoms with Crippen molar-refractivity contribution in [2.45, 2.75) is 19.6 Å². The Labute approximate surface area is 143 Å². The van der Waals surface area contributed by atoms with E-state index in [1.807, 2.05) is 19.1 Å². The van der Waals surface area contributed by atoms with Crippen molar-refractivity contribution in [3.05, 3.63) is 29.8 Å². The van der Waals surface area contributed by atoms with Gasteiger partial charge in [0.25, 0.3) is 0 Å². The average molecular weight is 333 g/mol. The minimum absolute atomic E-state index is 0.0324. The quantitative estimate of drug-likeness (QED) is 0.877. The predicted molar refractivity (Wildman–Crippen MR) is 93.0 cm³/mol. The fourth-order valence-electron chi connectivity index (χ4n) is 3.15. The number of carbonyl (C=O) groups is 1. The summed E-state index contributed by atoms with van der Waals surface area (Å²) in [4.78, 5) is 16.7. The monoisotopic (exact) mass is 333 g/mol. The SMILES string of the molecule is C[C@H]1CN(CC(=O)Nc2ccc(CN3CCOCC3)cc2)CCO1. The van der Waals surface area contributed by atoms with E-state index < -0.39 is 0 Å². The molecular formula is C18H27N3O3. The van der Waals surface area contributed by atoms with E-state index in [2.05, 4.69) is 27.2 Å². The molecule has 0 saturated carbocycles. The maximum absolute atomic E-state index is 12.2. The van der Waals surface area contributed by atoms with E-state index in [9.17, 15) is 4.79 Å². The van der Waals surface area contributed by atoms with Crippen LogP contribution >= 0.6 is 0 Å². The first kappa shape index (κ1) is 17.4. The van der Waals surface area contributed by atoms with Gasteiger partial charge in [-0.1, -0.05) is 12.1 Å². The van der Waals surface area contributed by atoms with Gasteiger partial charge >= 0.3 is 0 Å². The summed E-state index contributed by atoms with van der Waals surface area (Å²) in [7, 11) is 0. The van der Waals surface area contributed by atoms with E-state index in [-0.39, 0.29) is 12.0 Å². The number of morpholine rings is 2. The lowest BCUT2D eigenvalue weighted by Crippen LogP contribution is -2.44. The third-order valence-corrected chi connectivity index (χ3v) is 4.44. The molecule has 2 aliphatic rings. The predicted octanol–water partition coefficient (Wildman–Crippen LogP) is 1.18. The second-order valence-electron chi connectivity index (χ2n) is 6.55. The number of rotatable bonds is 5. The molecule has 2 fully saturated rings. The fraction of sp³-hybridized carbons (Fsp3) is 0.611. The molecule has 2 saturated heterocycles. The average Bonchev–Trinajstić information content (AvgIpc) is 2.57. The Hall–Kier alpha value is -1.47. The molecule has 0 radical (unpaired) electrons. The van der Waals surface area contributed by atoms with Gasteiger partial charge in [0.2, 0.25) is 5.91 Å². The number of hydrogen-bond acceptors (Lipinski definition) is 5. The molecule has 1 atom stereocenters. The Kier molecular flexibility index (Phi) is 6.20. The van der Waals surface area contributed by atoms with Crippen LogP contribution in [0.25, 0.3) is 0 Å². The molecule has 1 aromatic carbocycles. The standard InChI is InChI=1S/C18H27N3O3/c1-15-12-21(8-11-24-15)14-18(22)19-17-4-2-16(3-5-17)13-20-6-9-23-10-7-20/h2-5,15H,6-14H2,1H3,(H,19,22)/t15-/m0/s1. The number of ether oxygens (including phenoxy) is 2. The zero-order chi connectivity index (χ0) is 16.8. The Bertz CT molecular complexity index is 529. The molecule has 6 nitrogen and oxygen atoms in total. The number of benzene rings is 1. The van der Waals surface area contributed by atoms with Gasteiger partial charge < -0.3 is 14.8 Å². The summed E-state index contributed by atoms with van der Waals surface area (Å²) >= 11 is 0. The Morgan fingerprint density at radius 2 is 1.83 bits per heavy atom. The molecule has 2 heterocycles. The van der Waals surface area contributed by atoms with Gasteiger partial charge in [-0.15, -0.1) is 0 Å². The van der Waals surface area contributed by atoms with Crippen LogP contribution in [0.2, 0.25) is 0 Å². The third kappa shape index (κ3) is 5.27. The van der Waals surface area contributed by atoms with Gasteiger partial charge in [-0.3, -0.25) is 14.6 Å². The van der Waals surface area contributed by atoms with Crippen LogP contribution in [-0.2, 0) is 20.8 Å². The van der Waals surface area contributed by atoms with E-state index in [1.54, 1.807) is 0 Å². The molecule has 0 spiro atoms. The van der Waals surface area contributed by atoms with Crippen molar-refractivity contribution >= 4 is 11.6 Å². The molecule has 0 aliphatic carbocycles. The molecule has 0 bridgehead atoms. The van der Waals surface area contributed by atoms with Crippen molar-refractivity contribution < 1.29 is 14.3 Å². The second kappa shape index (κ2) is 8.58. The lowest BCUT2D eigenvalue weighted by molar-refractivity contribution is -0.119. The summed E-state index contributed by atoms with van der Waals surface area (Å²) in [6, 6.07) is 8.13. The van der Waals surface area contributed by atoms with Gasteiger partial charge in [-0.25, -0.2) is 0 Å². The summed E-state index contributed by atoms with van der Waals surface area (Å²) in [6.07, 6.45) is 0.200. The normalized spacial score (nSPS) is 23.1. The zero-order valence-electron chi connectivity index (χ0n) is 14.4. The summed E-state index contributed by atoms with van der Waals surface area (Å²) in [5, 5.41) is 2.98. The van der Waals surface area contributed by atoms with Gasteiger partial charge in [0.15, 0.2) is 0 Å². The Balaban J connectivity index is 1.45. The van der Waals surface area contributed by atoms with E-state index in [0.29, 0.717) is 13.2 Å². The van der Waals surface area contributed by atoms with Crippen molar-refractivity contribution in [1.29, 1.82) is 0 Å². The number of anilines is 1. The minimum atomic E-state index is 0.0324. The molecule has 0 aromatic heterocycles. The molecule has 1 aromatic rings. The highest BCUT2D eigenvalue weighted by Gasteiger charge is 2.19. The van der Waals surface area contributed by atoms with Crippen LogP contribution in [0.15, 0.2) is 24.3 Å². The van der Waals surface area contributed by atoms with Crippen LogP contribution in [-0.4, -0.2) is 74.4 Å². The largest absolute Gasteiger partial charge is 0.379 e. The molecule has 3 rings (SSSR count). The van der Waals surface area contributed by atoms with Crippen LogP contribution in [0.4, 0.5) is 5.69 Å². The lowest BCUT2D eigenvalue weighted by atomic mass is 10.2. The van der Waals surface area contributed by atoms with E-state index in [0.717, 1.165) is 51.6 Å². The first-order valence-electron chi connectivity index (χ1n) is 8.72. The highest BCUT2D eigenvalue weighted by Crippen LogP contribution is 2.13. The van der Waals surface area contributed by atoms with E-state index in [4.69, 9.17) is 9.47 Å². The number of amides is 1. The smallest absolute Gasteiger partial charge is 0.238 e. The number of hydrogen-bond donors (Lipinski definition) is 1. The van der Waals surface area contributed by atoms with Gasteiger partial charge in [-0.05, 0) is 24.6 Å².